The van der Waals surface area contributed by atoms with Gasteiger partial charge in [-0.15, -0.1) is 11.3 Å². The summed E-state index contributed by atoms with van der Waals surface area (Å²) < 4.78 is 27.0. The van der Waals surface area contributed by atoms with Crippen LogP contribution in [0.4, 0.5) is 0 Å². The van der Waals surface area contributed by atoms with Crippen LogP contribution in [0.15, 0.2) is 21.7 Å². The Kier molecular flexibility index (Phi) is 5.59. The van der Waals surface area contributed by atoms with Gasteiger partial charge >= 0.3 is 0 Å². The van der Waals surface area contributed by atoms with Crippen molar-refractivity contribution in [1.82, 2.24) is 14.5 Å². The van der Waals surface area contributed by atoms with Crippen molar-refractivity contribution < 1.29 is 13.2 Å². The standard InChI is InChI=1S/C16H25N3O3S2/c1-13(16(20)17-14-5-2-3-6-14)18-8-10-19(11-9-18)24(21,22)15-7-4-12-23-15/h4,7,12-14H,2-3,5-6,8-11H2,1H3,(H,17,20)/t13-/m0/s1. The molecular weight excluding hydrogens is 346 g/mol. The molecule has 0 unspecified atom stereocenters. The molecule has 1 aromatic heterocycles. The predicted molar refractivity (Wildman–Crippen MR) is 94.5 cm³/mol. The first kappa shape index (κ1) is 17.8. The predicted octanol–water partition coefficient (Wildman–Crippen LogP) is 1.50. The Balaban J connectivity index is 1.53. The molecule has 1 aliphatic carbocycles. The highest BCUT2D eigenvalue weighted by molar-refractivity contribution is 7.91. The molecule has 0 bridgehead atoms. The van der Waals surface area contributed by atoms with Gasteiger partial charge in [0.15, 0.2) is 0 Å². The highest BCUT2D eigenvalue weighted by Crippen LogP contribution is 2.23. The first-order valence-corrected chi connectivity index (χ1v) is 10.9. The summed E-state index contributed by atoms with van der Waals surface area (Å²) >= 11 is 1.25. The van der Waals surface area contributed by atoms with Crippen LogP contribution in [0.3, 0.4) is 0 Å². The van der Waals surface area contributed by atoms with E-state index in [2.05, 4.69) is 10.2 Å². The second kappa shape index (κ2) is 7.51. The monoisotopic (exact) mass is 371 g/mol. The van der Waals surface area contributed by atoms with Gasteiger partial charge in [-0.3, -0.25) is 9.69 Å². The number of thiophene rings is 1. The van der Waals surface area contributed by atoms with Crippen molar-refractivity contribution in [2.45, 2.75) is 48.9 Å². The number of hydrogen-bond acceptors (Lipinski definition) is 5. The minimum Gasteiger partial charge on any atom is -0.352 e. The number of sulfonamides is 1. The molecule has 8 heteroatoms. The van der Waals surface area contributed by atoms with Crippen molar-refractivity contribution in [3.05, 3.63) is 17.5 Å². The molecule has 1 N–H and O–H groups in total. The van der Waals surface area contributed by atoms with Crippen LogP contribution in [0.1, 0.15) is 32.6 Å². The quantitative estimate of drug-likeness (QED) is 0.852. The van der Waals surface area contributed by atoms with Crippen molar-refractivity contribution in [3.8, 4) is 0 Å². The SMILES string of the molecule is C[C@@H](C(=O)NC1CCCC1)N1CCN(S(=O)(=O)c2cccs2)CC1. The van der Waals surface area contributed by atoms with Crippen LogP contribution in [0.25, 0.3) is 0 Å². The second-order valence-corrected chi connectivity index (χ2v) is 9.65. The molecule has 1 saturated carbocycles. The molecule has 2 heterocycles. The lowest BCUT2D eigenvalue weighted by Gasteiger charge is -2.36. The number of hydrogen-bond donors (Lipinski definition) is 1. The lowest BCUT2D eigenvalue weighted by Crippen LogP contribution is -2.55. The largest absolute Gasteiger partial charge is 0.352 e. The van der Waals surface area contributed by atoms with Crippen molar-refractivity contribution >= 4 is 27.3 Å². The summed E-state index contributed by atoms with van der Waals surface area (Å²) in [5.41, 5.74) is 0. The summed E-state index contributed by atoms with van der Waals surface area (Å²) in [4.78, 5) is 14.5. The lowest BCUT2D eigenvalue weighted by molar-refractivity contribution is -0.127. The molecule has 2 fully saturated rings. The molecular formula is C16H25N3O3S2. The summed E-state index contributed by atoms with van der Waals surface area (Å²) in [5, 5.41) is 4.91. The Morgan fingerprint density at radius 2 is 1.92 bits per heavy atom. The molecule has 1 amide bonds. The van der Waals surface area contributed by atoms with E-state index in [1.165, 1.54) is 28.5 Å². The highest BCUT2D eigenvalue weighted by Gasteiger charge is 2.32. The number of rotatable bonds is 5. The van der Waals surface area contributed by atoms with E-state index < -0.39 is 10.0 Å². The van der Waals surface area contributed by atoms with Crippen LogP contribution >= 0.6 is 11.3 Å². The van der Waals surface area contributed by atoms with Crippen LogP contribution < -0.4 is 5.32 Å². The molecule has 2 aliphatic rings. The van der Waals surface area contributed by atoms with Crippen molar-refractivity contribution in [2.75, 3.05) is 26.2 Å². The topological polar surface area (TPSA) is 69.7 Å². The van der Waals surface area contributed by atoms with Gasteiger partial charge in [0.2, 0.25) is 5.91 Å². The van der Waals surface area contributed by atoms with Gasteiger partial charge in [-0.05, 0) is 31.2 Å². The molecule has 24 heavy (non-hydrogen) atoms. The number of nitrogens with one attached hydrogen (secondary N) is 1. The zero-order valence-electron chi connectivity index (χ0n) is 14.0. The highest BCUT2D eigenvalue weighted by atomic mass is 32.2. The molecule has 1 atom stereocenters. The number of carbonyl (C=O) groups is 1. The van der Waals surface area contributed by atoms with Crippen LogP contribution in [-0.4, -0.2) is 61.8 Å². The van der Waals surface area contributed by atoms with Crippen LogP contribution in [-0.2, 0) is 14.8 Å². The smallest absolute Gasteiger partial charge is 0.252 e. The Morgan fingerprint density at radius 1 is 1.25 bits per heavy atom. The third kappa shape index (κ3) is 3.82. The van der Waals surface area contributed by atoms with Crippen LogP contribution in [0.2, 0.25) is 0 Å². The summed E-state index contributed by atoms with van der Waals surface area (Å²) in [6, 6.07) is 3.51. The van der Waals surface area contributed by atoms with Gasteiger partial charge in [0.1, 0.15) is 4.21 Å². The van der Waals surface area contributed by atoms with Crippen molar-refractivity contribution in [2.24, 2.45) is 0 Å². The van der Waals surface area contributed by atoms with Gasteiger partial charge in [-0.25, -0.2) is 8.42 Å². The van der Waals surface area contributed by atoms with E-state index in [1.807, 2.05) is 6.92 Å². The Morgan fingerprint density at radius 3 is 2.50 bits per heavy atom. The molecule has 0 spiro atoms. The van der Waals surface area contributed by atoms with Crippen molar-refractivity contribution in [3.63, 3.8) is 0 Å². The number of amides is 1. The number of piperazine rings is 1. The second-order valence-electron chi connectivity index (χ2n) is 6.54. The summed E-state index contributed by atoms with van der Waals surface area (Å²) in [7, 11) is -3.38. The average molecular weight is 372 g/mol. The lowest BCUT2D eigenvalue weighted by atomic mass is 10.2. The van der Waals surface area contributed by atoms with E-state index >= 15 is 0 Å². The number of nitrogens with zero attached hydrogens (tertiary/aromatic N) is 2. The molecule has 1 aliphatic heterocycles. The van der Waals surface area contributed by atoms with E-state index in [1.54, 1.807) is 17.5 Å². The molecule has 6 nitrogen and oxygen atoms in total. The van der Waals surface area contributed by atoms with Crippen molar-refractivity contribution in [1.29, 1.82) is 0 Å². The first-order chi connectivity index (χ1) is 11.5. The van der Waals surface area contributed by atoms with E-state index in [9.17, 15) is 13.2 Å². The third-order valence-corrected chi connectivity index (χ3v) is 8.26. The Hall–Kier alpha value is -0.960. The van der Waals surface area contributed by atoms with Gasteiger partial charge in [-0.2, -0.15) is 4.31 Å². The van der Waals surface area contributed by atoms with Gasteiger partial charge < -0.3 is 5.32 Å². The minimum atomic E-state index is -3.38. The maximum atomic E-state index is 12.5. The minimum absolute atomic E-state index is 0.0662. The van der Waals surface area contributed by atoms with Crippen LogP contribution in [0, 0.1) is 0 Å². The molecule has 3 rings (SSSR count). The van der Waals surface area contributed by atoms with E-state index in [0.717, 1.165) is 12.8 Å². The maximum absolute atomic E-state index is 12.5. The zero-order chi connectivity index (χ0) is 17.2. The summed E-state index contributed by atoms with van der Waals surface area (Å²) in [5.74, 6) is 0.0662. The van der Waals surface area contributed by atoms with Gasteiger partial charge in [0, 0.05) is 32.2 Å². The number of carbonyl (C=O) groups excluding carboxylic acids is 1. The zero-order valence-corrected chi connectivity index (χ0v) is 15.6. The Bertz CT molecular complexity index is 646. The summed E-state index contributed by atoms with van der Waals surface area (Å²) in [6.07, 6.45) is 4.54. The fraction of sp³-hybridized carbons (Fsp3) is 0.688. The van der Waals surface area contributed by atoms with Gasteiger partial charge in [-0.1, -0.05) is 18.9 Å². The van der Waals surface area contributed by atoms with Crippen LogP contribution in [0.5, 0.6) is 0 Å². The Labute approximate surface area is 147 Å². The van der Waals surface area contributed by atoms with E-state index in [0.29, 0.717) is 36.4 Å². The van der Waals surface area contributed by atoms with Gasteiger partial charge in [0.05, 0.1) is 6.04 Å². The average Bonchev–Trinajstić information content (AvgIpc) is 3.28. The maximum Gasteiger partial charge on any atom is 0.252 e. The first-order valence-electron chi connectivity index (χ1n) is 8.56. The molecule has 0 radical (unpaired) electrons. The molecule has 134 valence electrons. The molecule has 1 aromatic rings. The third-order valence-electron chi connectivity index (χ3n) is 4.99. The van der Waals surface area contributed by atoms with Gasteiger partial charge in [0.25, 0.3) is 10.0 Å². The summed E-state index contributed by atoms with van der Waals surface area (Å²) in [6.45, 7) is 3.95. The van der Waals surface area contributed by atoms with E-state index in [-0.39, 0.29) is 11.9 Å². The normalized spacial score (nSPS) is 22.5. The van der Waals surface area contributed by atoms with E-state index in [4.69, 9.17) is 0 Å². The fourth-order valence-corrected chi connectivity index (χ4v) is 5.99. The molecule has 1 saturated heterocycles. The fourth-order valence-electron chi connectivity index (χ4n) is 3.43. The molecule has 0 aromatic carbocycles.